The van der Waals surface area contributed by atoms with E-state index in [1.165, 1.54) is 19.1 Å². The monoisotopic (exact) mass is 394 g/mol. The third-order valence-corrected chi connectivity index (χ3v) is 4.77. The smallest absolute Gasteiger partial charge is 0.276 e. The number of aromatic nitrogens is 3. The first-order valence-corrected chi connectivity index (χ1v) is 8.11. The average Bonchev–Trinajstić information content (AvgIpc) is 3.04. The van der Waals surface area contributed by atoms with E-state index in [0.29, 0.717) is 21.8 Å². The van der Waals surface area contributed by atoms with E-state index < -0.39 is 4.92 Å². The molecule has 0 aliphatic carbocycles. The van der Waals surface area contributed by atoms with Crippen molar-refractivity contribution in [3.05, 3.63) is 49.2 Å². The fourth-order valence-electron chi connectivity index (χ4n) is 2.49. The Labute approximate surface area is 157 Å². The van der Waals surface area contributed by atoms with Crippen LogP contribution in [-0.4, -0.2) is 25.2 Å². The van der Waals surface area contributed by atoms with E-state index >= 15 is 0 Å². The standard InChI is InChI=1S/C16H12Cl2N4O4/c1-6-10(22(24)25)4-9(5-11(6)23)16-20-15(21-26-16)12-7(2)13(17)8(3)19-14(12)18/h4-5,23H,1-3H3. The van der Waals surface area contributed by atoms with Crippen LogP contribution < -0.4 is 0 Å². The normalized spacial score (nSPS) is 11.0. The Morgan fingerprint density at radius 1 is 1.15 bits per heavy atom. The second-order valence-electron chi connectivity index (χ2n) is 5.62. The van der Waals surface area contributed by atoms with Gasteiger partial charge in [0, 0.05) is 6.07 Å². The molecule has 8 nitrogen and oxygen atoms in total. The number of benzene rings is 1. The minimum atomic E-state index is -0.597. The Morgan fingerprint density at radius 3 is 2.50 bits per heavy atom. The topological polar surface area (TPSA) is 115 Å². The minimum absolute atomic E-state index is 0.00874. The van der Waals surface area contributed by atoms with E-state index in [1.54, 1.807) is 13.8 Å². The molecule has 0 bridgehead atoms. The predicted octanol–water partition coefficient (Wildman–Crippen LogP) is 4.64. The summed E-state index contributed by atoms with van der Waals surface area (Å²) >= 11 is 12.4. The van der Waals surface area contributed by atoms with Crippen LogP contribution in [0.1, 0.15) is 16.8 Å². The first kappa shape index (κ1) is 18.1. The number of phenols is 1. The fraction of sp³-hybridized carbons (Fsp3) is 0.188. The number of phenolic OH excluding ortho intramolecular Hbond substituents is 1. The van der Waals surface area contributed by atoms with Gasteiger partial charge in [-0.05, 0) is 32.4 Å². The summed E-state index contributed by atoms with van der Waals surface area (Å²) in [6.07, 6.45) is 0. The maximum atomic E-state index is 11.1. The van der Waals surface area contributed by atoms with Crippen molar-refractivity contribution in [3.8, 4) is 28.6 Å². The molecule has 10 heteroatoms. The summed E-state index contributed by atoms with van der Waals surface area (Å²) in [7, 11) is 0. The highest BCUT2D eigenvalue weighted by molar-refractivity contribution is 6.35. The van der Waals surface area contributed by atoms with Crippen molar-refractivity contribution >= 4 is 28.9 Å². The van der Waals surface area contributed by atoms with Crippen molar-refractivity contribution < 1.29 is 14.6 Å². The highest BCUT2D eigenvalue weighted by Crippen LogP contribution is 2.36. The molecule has 1 N–H and O–H groups in total. The lowest BCUT2D eigenvalue weighted by atomic mass is 10.1. The maximum Gasteiger partial charge on any atom is 0.276 e. The fourth-order valence-corrected chi connectivity index (χ4v) is 2.98. The number of hydrogen-bond acceptors (Lipinski definition) is 7. The summed E-state index contributed by atoms with van der Waals surface area (Å²) in [6.45, 7) is 4.91. The van der Waals surface area contributed by atoms with Gasteiger partial charge in [-0.25, -0.2) is 4.98 Å². The van der Waals surface area contributed by atoms with Crippen molar-refractivity contribution in [2.45, 2.75) is 20.8 Å². The molecule has 0 unspecified atom stereocenters. The second-order valence-corrected chi connectivity index (χ2v) is 6.36. The third kappa shape index (κ3) is 2.97. The second kappa shape index (κ2) is 6.54. The summed E-state index contributed by atoms with van der Waals surface area (Å²) in [6, 6.07) is 2.57. The van der Waals surface area contributed by atoms with Gasteiger partial charge < -0.3 is 9.63 Å². The molecule has 0 radical (unpaired) electrons. The summed E-state index contributed by atoms with van der Waals surface area (Å²) in [4.78, 5) is 18.9. The summed E-state index contributed by atoms with van der Waals surface area (Å²) in [5.74, 6) is -0.117. The van der Waals surface area contributed by atoms with Crippen LogP contribution in [0.5, 0.6) is 5.75 Å². The van der Waals surface area contributed by atoms with Gasteiger partial charge in [0.15, 0.2) is 0 Å². The molecule has 0 aliphatic rings. The van der Waals surface area contributed by atoms with Gasteiger partial charge in [-0.3, -0.25) is 10.1 Å². The van der Waals surface area contributed by atoms with E-state index in [1.807, 2.05) is 0 Å². The van der Waals surface area contributed by atoms with Gasteiger partial charge in [0.2, 0.25) is 5.82 Å². The van der Waals surface area contributed by atoms with Crippen molar-refractivity contribution in [1.82, 2.24) is 15.1 Å². The molecule has 0 aliphatic heterocycles. The molecule has 0 saturated heterocycles. The predicted molar refractivity (Wildman–Crippen MR) is 95.5 cm³/mol. The van der Waals surface area contributed by atoms with Crippen LogP contribution in [0.2, 0.25) is 10.2 Å². The summed E-state index contributed by atoms with van der Waals surface area (Å²) in [5, 5.41) is 25.5. The van der Waals surface area contributed by atoms with E-state index in [2.05, 4.69) is 15.1 Å². The number of rotatable bonds is 3. The lowest BCUT2D eigenvalue weighted by molar-refractivity contribution is -0.385. The largest absolute Gasteiger partial charge is 0.507 e. The van der Waals surface area contributed by atoms with Crippen LogP contribution in [0.15, 0.2) is 16.7 Å². The van der Waals surface area contributed by atoms with Gasteiger partial charge in [0.05, 0.1) is 32.3 Å². The van der Waals surface area contributed by atoms with Gasteiger partial charge in [-0.15, -0.1) is 0 Å². The van der Waals surface area contributed by atoms with Crippen molar-refractivity contribution in [2.24, 2.45) is 0 Å². The number of pyridine rings is 1. The Morgan fingerprint density at radius 2 is 1.85 bits per heavy atom. The van der Waals surface area contributed by atoms with Crippen LogP contribution in [0.3, 0.4) is 0 Å². The molecule has 26 heavy (non-hydrogen) atoms. The highest BCUT2D eigenvalue weighted by atomic mass is 35.5. The number of nitro groups is 1. The molecule has 2 aromatic heterocycles. The van der Waals surface area contributed by atoms with Crippen molar-refractivity contribution in [3.63, 3.8) is 0 Å². The summed E-state index contributed by atoms with van der Waals surface area (Å²) < 4.78 is 5.19. The molecule has 3 aromatic rings. The van der Waals surface area contributed by atoms with Crippen LogP contribution in [0.4, 0.5) is 5.69 Å². The number of nitro benzene ring substituents is 1. The van der Waals surface area contributed by atoms with Gasteiger partial charge in [-0.2, -0.15) is 4.98 Å². The quantitative estimate of drug-likeness (QED) is 0.390. The Kier molecular flexibility index (Phi) is 4.55. The zero-order valence-corrected chi connectivity index (χ0v) is 15.4. The van der Waals surface area contributed by atoms with Gasteiger partial charge in [0.1, 0.15) is 10.9 Å². The molecule has 0 spiro atoms. The van der Waals surface area contributed by atoms with E-state index in [-0.39, 0.29) is 39.4 Å². The lowest BCUT2D eigenvalue weighted by Gasteiger charge is -2.07. The number of aromatic hydroxyl groups is 1. The number of hydrogen-bond donors (Lipinski definition) is 1. The van der Waals surface area contributed by atoms with E-state index in [0.717, 1.165) is 0 Å². The molecule has 0 atom stereocenters. The van der Waals surface area contributed by atoms with Gasteiger partial charge >= 0.3 is 0 Å². The number of aryl methyl sites for hydroxylation is 1. The molecule has 0 saturated carbocycles. The van der Waals surface area contributed by atoms with Crippen LogP contribution in [-0.2, 0) is 0 Å². The SMILES string of the molecule is Cc1nc(Cl)c(-c2noc(-c3cc(O)c(C)c([N+](=O)[O-])c3)n2)c(C)c1Cl. The Bertz CT molecular complexity index is 1050. The number of nitrogens with zero attached hydrogens (tertiary/aromatic N) is 4. The molecular formula is C16H12Cl2N4O4. The molecule has 0 amide bonds. The van der Waals surface area contributed by atoms with Crippen LogP contribution >= 0.6 is 23.2 Å². The Hall–Kier alpha value is -2.71. The first-order valence-electron chi connectivity index (χ1n) is 7.35. The Balaban J connectivity index is 2.13. The average molecular weight is 395 g/mol. The van der Waals surface area contributed by atoms with Gasteiger partial charge in [0.25, 0.3) is 11.6 Å². The van der Waals surface area contributed by atoms with E-state index in [4.69, 9.17) is 27.7 Å². The third-order valence-electron chi connectivity index (χ3n) is 3.94. The molecule has 1 aromatic carbocycles. The van der Waals surface area contributed by atoms with Crippen LogP contribution in [0, 0.1) is 30.9 Å². The molecule has 0 fully saturated rings. The lowest BCUT2D eigenvalue weighted by Crippen LogP contribution is -1.95. The molecular weight excluding hydrogens is 383 g/mol. The minimum Gasteiger partial charge on any atom is -0.507 e. The maximum absolute atomic E-state index is 11.1. The van der Waals surface area contributed by atoms with E-state index in [9.17, 15) is 15.2 Å². The zero-order valence-electron chi connectivity index (χ0n) is 13.9. The molecule has 3 rings (SSSR count). The van der Waals surface area contributed by atoms with Crippen molar-refractivity contribution in [1.29, 1.82) is 0 Å². The highest BCUT2D eigenvalue weighted by Gasteiger charge is 2.22. The molecule has 134 valence electrons. The van der Waals surface area contributed by atoms with Gasteiger partial charge in [-0.1, -0.05) is 28.4 Å². The number of halogens is 2. The first-order chi connectivity index (χ1) is 12.2. The zero-order chi connectivity index (χ0) is 19.2. The van der Waals surface area contributed by atoms with Crippen molar-refractivity contribution in [2.75, 3.05) is 0 Å². The summed E-state index contributed by atoms with van der Waals surface area (Å²) in [5.41, 5.74) is 1.71. The van der Waals surface area contributed by atoms with Crippen LogP contribution in [0.25, 0.3) is 22.8 Å². The molecule has 2 heterocycles.